The molecule has 4 nitrogen and oxygen atoms in total. The van der Waals surface area contributed by atoms with Gasteiger partial charge in [0.2, 0.25) is 0 Å². The lowest BCUT2D eigenvalue weighted by Crippen LogP contribution is -2.56. The van der Waals surface area contributed by atoms with E-state index in [4.69, 9.17) is 0 Å². The highest BCUT2D eigenvalue weighted by atomic mass is 16.3. The second-order valence-corrected chi connectivity index (χ2v) is 7.03. The zero-order valence-electron chi connectivity index (χ0n) is 15.0. The Kier molecular flexibility index (Phi) is 3.88. The minimum Gasteiger partial charge on any atom is -0.365 e. The SMILES string of the molecule is Cc1ccc(N(C)N=CC2(O)N(C)c3ccccc3C2(C)C)cc1. The van der Waals surface area contributed by atoms with Crippen LogP contribution in [0.15, 0.2) is 53.6 Å². The van der Waals surface area contributed by atoms with Crippen LogP contribution in [0.25, 0.3) is 0 Å². The molecule has 1 N–H and O–H groups in total. The molecule has 126 valence electrons. The van der Waals surface area contributed by atoms with Crippen LogP contribution in [0.5, 0.6) is 0 Å². The van der Waals surface area contributed by atoms with Crippen LogP contribution in [0.2, 0.25) is 0 Å². The number of aryl methyl sites for hydroxylation is 1. The smallest absolute Gasteiger partial charge is 0.185 e. The monoisotopic (exact) mass is 323 g/mol. The van der Waals surface area contributed by atoms with E-state index in [-0.39, 0.29) is 0 Å². The van der Waals surface area contributed by atoms with Gasteiger partial charge in [-0.15, -0.1) is 0 Å². The summed E-state index contributed by atoms with van der Waals surface area (Å²) in [6.45, 7) is 6.16. The molecule has 4 heteroatoms. The van der Waals surface area contributed by atoms with Crippen molar-refractivity contribution in [3.05, 3.63) is 59.7 Å². The summed E-state index contributed by atoms with van der Waals surface area (Å²) in [5.41, 5.74) is 2.71. The lowest BCUT2D eigenvalue weighted by Gasteiger charge is -2.38. The highest BCUT2D eigenvalue weighted by molar-refractivity contribution is 5.83. The van der Waals surface area contributed by atoms with Crippen molar-refractivity contribution < 1.29 is 5.11 Å². The lowest BCUT2D eigenvalue weighted by atomic mass is 9.78. The second-order valence-electron chi connectivity index (χ2n) is 7.03. The van der Waals surface area contributed by atoms with E-state index >= 15 is 0 Å². The minimum atomic E-state index is -1.18. The molecule has 0 bridgehead atoms. The van der Waals surface area contributed by atoms with Crippen molar-refractivity contribution >= 4 is 17.6 Å². The fraction of sp³-hybridized carbons (Fsp3) is 0.350. The van der Waals surface area contributed by atoms with Crippen LogP contribution in [0.1, 0.15) is 25.0 Å². The predicted molar refractivity (Wildman–Crippen MR) is 101 cm³/mol. The van der Waals surface area contributed by atoms with Crippen LogP contribution < -0.4 is 9.91 Å². The van der Waals surface area contributed by atoms with Gasteiger partial charge in [0.1, 0.15) is 0 Å². The summed E-state index contributed by atoms with van der Waals surface area (Å²) in [6, 6.07) is 16.3. The van der Waals surface area contributed by atoms with Gasteiger partial charge < -0.3 is 10.0 Å². The third-order valence-electron chi connectivity index (χ3n) is 5.19. The molecule has 0 aliphatic carbocycles. The largest absolute Gasteiger partial charge is 0.365 e. The summed E-state index contributed by atoms with van der Waals surface area (Å²) in [5.74, 6) is 0. The summed E-state index contributed by atoms with van der Waals surface area (Å²) >= 11 is 0. The molecule has 3 rings (SSSR count). The predicted octanol–water partition coefficient (Wildman–Crippen LogP) is 3.53. The van der Waals surface area contributed by atoms with E-state index in [2.05, 4.69) is 30.2 Å². The Morgan fingerprint density at radius 3 is 2.33 bits per heavy atom. The first-order chi connectivity index (χ1) is 11.3. The third kappa shape index (κ3) is 2.38. The molecule has 0 spiro atoms. The molecule has 1 unspecified atom stereocenters. The molecular formula is C20H25N3O. The van der Waals surface area contributed by atoms with E-state index in [0.29, 0.717) is 0 Å². The Morgan fingerprint density at radius 2 is 1.71 bits per heavy atom. The van der Waals surface area contributed by atoms with Gasteiger partial charge >= 0.3 is 0 Å². The van der Waals surface area contributed by atoms with Crippen molar-refractivity contribution in [1.82, 2.24) is 0 Å². The molecule has 1 atom stereocenters. The number of anilines is 2. The van der Waals surface area contributed by atoms with Gasteiger partial charge in [0.25, 0.3) is 0 Å². The third-order valence-corrected chi connectivity index (χ3v) is 5.19. The first-order valence-corrected chi connectivity index (χ1v) is 8.18. The first kappa shape index (κ1) is 16.5. The average molecular weight is 323 g/mol. The van der Waals surface area contributed by atoms with Crippen LogP contribution >= 0.6 is 0 Å². The summed E-state index contributed by atoms with van der Waals surface area (Å²) in [5, 5.41) is 17.7. The van der Waals surface area contributed by atoms with Gasteiger partial charge in [0.05, 0.1) is 11.9 Å². The number of hydrazone groups is 1. The van der Waals surface area contributed by atoms with E-state index in [1.54, 1.807) is 11.2 Å². The maximum absolute atomic E-state index is 11.4. The zero-order valence-corrected chi connectivity index (χ0v) is 15.0. The minimum absolute atomic E-state index is 0.462. The van der Waals surface area contributed by atoms with Gasteiger partial charge in [0, 0.05) is 25.2 Å². The summed E-state index contributed by atoms with van der Waals surface area (Å²) < 4.78 is 0. The Bertz CT molecular complexity index is 767. The van der Waals surface area contributed by atoms with E-state index < -0.39 is 11.1 Å². The van der Waals surface area contributed by atoms with Crippen LogP contribution in [0, 0.1) is 6.92 Å². The van der Waals surface area contributed by atoms with Crippen LogP contribution in [0.4, 0.5) is 11.4 Å². The molecule has 1 aliphatic heterocycles. The number of hydrogen-bond acceptors (Lipinski definition) is 4. The molecule has 1 aliphatic rings. The Balaban J connectivity index is 1.92. The van der Waals surface area contributed by atoms with Crippen LogP contribution in [0.3, 0.4) is 0 Å². The molecule has 0 saturated heterocycles. The molecule has 24 heavy (non-hydrogen) atoms. The number of fused-ring (bicyclic) bond motifs is 1. The van der Waals surface area contributed by atoms with Gasteiger partial charge in [-0.1, -0.05) is 49.7 Å². The fourth-order valence-electron chi connectivity index (χ4n) is 3.34. The summed E-state index contributed by atoms with van der Waals surface area (Å²) in [6.07, 6.45) is 1.65. The average Bonchev–Trinajstić information content (AvgIpc) is 2.73. The molecular weight excluding hydrogens is 298 g/mol. The van der Waals surface area contributed by atoms with Crippen molar-refractivity contribution in [3.63, 3.8) is 0 Å². The maximum Gasteiger partial charge on any atom is 0.185 e. The number of rotatable bonds is 3. The van der Waals surface area contributed by atoms with Gasteiger partial charge in [-0.05, 0) is 30.7 Å². The lowest BCUT2D eigenvalue weighted by molar-refractivity contribution is 0.0585. The summed E-state index contributed by atoms with van der Waals surface area (Å²) in [4.78, 5) is 1.90. The van der Waals surface area contributed by atoms with Crippen molar-refractivity contribution in [2.45, 2.75) is 31.9 Å². The molecule has 0 radical (unpaired) electrons. The topological polar surface area (TPSA) is 39.1 Å². The quantitative estimate of drug-likeness (QED) is 0.694. The number of likely N-dealkylation sites (N-methyl/N-ethyl adjacent to an activating group) is 1. The van der Waals surface area contributed by atoms with E-state index in [9.17, 15) is 5.11 Å². The number of benzene rings is 2. The summed E-state index contributed by atoms with van der Waals surface area (Å²) in [7, 11) is 3.80. The number of nitrogens with zero attached hydrogens (tertiary/aromatic N) is 3. The Hall–Kier alpha value is -2.33. The highest BCUT2D eigenvalue weighted by Gasteiger charge is 2.54. The molecule has 0 fully saturated rings. The van der Waals surface area contributed by atoms with Crippen molar-refractivity contribution in [2.24, 2.45) is 5.10 Å². The van der Waals surface area contributed by atoms with E-state index in [0.717, 1.165) is 16.9 Å². The molecule has 2 aromatic rings. The molecule has 1 heterocycles. The van der Waals surface area contributed by atoms with Gasteiger partial charge in [0.15, 0.2) is 5.72 Å². The Morgan fingerprint density at radius 1 is 1.08 bits per heavy atom. The maximum atomic E-state index is 11.4. The van der Waals surface area contributed by atoms with Crippen molar-refractivity contribution in [1.29, 1.82) is 0 Å². The molecule has 0 amide bonds. The number of para-hydroxylation sites is 1. The van der Waals surface area contributed by atoms with Gasteiger partial charge in [-0.2, -0.15) is 5.10 Å². The van der Waals surface area contributed by atoms with Crippen molar-refractivity contribution in [3.8, 4) is 0 Å². The number of hydrogen-bond donors (Lipinski definition) is 1. The second kappa shape index (κ2) is 5.64. The first-order valence-electron chi connectivity index (χ1n) is 8.18. The van der Waals surface area contributed by atoms with Crippen molar-refractivity contribution in [2.75, 3.05) is 24.0 Å². The van der Waals surface area contributed by atoms with Crippen LogP contribution in [-0.4, -0.2) is 31.1 Å². The number of aliphatic hydroxyl groups is 1. The molecule has 2 aromatic carbocycles. The standard InChI is InChI=1S/C20H25N3O/c1-15-10-12-16(13-11-15)23(5)21-14-20(24)19(2,3)17-8-6-7-9-18(17)22(20)4/h6-14,24H,1-5H3. The van der Waals surface area contributed by atoms with Gasteiger partial charge in [-0.25, -0.2) is 0 Å². The fourth-order valence-corrected chi connectivity index (χ4v) is 3.34. The Labute approximate surface area is 144 Å². The molecule has 0 aromatic heterocycles. The highest BCUT2D eigenvalue weighted by Crippen LogP contribution is 2.48. The zero-order chi connectivity index (χ0) is 17.5. The van der Waals surface area contributed by atoms with E-state index in [1.807, 2.05) is 63.2 Å². The van der Waals surface area contributed by atoms with Crippen LogP contribution in [-0.2, 0) is 5.41 Å². The van der Waals surface area contributed by atoms with Gasteiger partial charge in [-0.3, -0.25) is 5.01 Å². The normalized spacial score (nSPS) is 22.0. The molecule has 0 saturated carbocycles. The van der Waals surface area contributed by atoms with E-state index in [1.165, 1.54) is 5.56 Å².